The number of amides is 2. The molecular formula is C28H26ClN3O3S. The number of thioether (sulfide) groups is 1. The van der Waals surface area contributed by atoms with Crippen LogP contribution in [0.2, 0.25) is 5.02 Å². The number of anilines is 1. The number of halogens is 1. The van der Waals surface area contributed by atoms with E-state index in [1.165, 1.54) is 11.8 Å². The standard InChI is InChI=1S/C28H26ClN3O3S/c1-18-12-19(2)14-22(13-18)32-27(34)25(15-20-8-10-23(35-3)11-9-20)31-28(32)36-17-26(33)30-16-21-6-4-5-7-24(21)29/h4-15H,16-17H2,1-3H3,(H,30,33). The number of benzene rings is 3. The number of aryl methyl sites for hydroxylation is 2. The summed E-state index contributed by atoms with van der Waals surface area (Å²) in [6.45, 7) is 4.29. The van der Waals surface area contributed by atoms with Gasteiger partial charge in [0.25, 0.3) is 5.91 Å². The molecule has 8 heteroatoms. The Labute approximate surface area is 220 Å². The van der Waals surface area contributed by atoms with Gasteiger partial charge in [0.15, 0.2) is 5.17 Å². The summed E-state index contributed by atoms with van der Waals surface area (Å²) >= 11 is 7.40. The number of nitrogens with one attached hydrogen (secondary N) is 1. The molecule has 1 aliphatic rings. The van der Waals surface area contributed by atoms with Crippen molar-refractivity contribution in [2.75, 3.05) is 17.8 Å². The first-order valence-corrected chi connectivity index (χ1v) is 12.7. The molecule has 1 N–H and O–H groups in total. The average molecular weight is 520 g/mol. The quantitative estimate of drug-likeness (QED) is 0.403. The zero-order chi connectivity index (χ0) is 25.7. The van der Waals surface area contributed by atoms with E-state index in [0.717, 1.165) is 33.7 Å². The number of methoxy groups -OCH3 is 1. The highest BCUT2D eigenvalue weighted by Gasteiger charge is 2.32. The average Bonchev–Trinajstić information content (AvgIpc) is 3.16. The second-order valence-electron chi connectivity index (χ2n) is 8.34. The molecule has 36 heavy (non-hydrogen) atoms. The Morgan fingerprint density at radius 2 is 1.78 bits per heavy atom. The van der Waals surface area contributed by atoms with Gasteiger partial charge < -0.3 is 10.1 Å². The molecule has 6 nitrogen and oxygen atoms in total. The van der Waals surface area contributed by atoms with E-state index in [2.05, 4.69) is 10.3 Å². The smallest absolute Gasteiger partial charge is 0.283 e. The maximum absolute atomic E-state index is 13.4. The molecule has 0 spiro atoms. The van der Waals surface area contributed by atoms with Crippen LogP contribution in [0.25, 0.3) is 6.08 Å². The normalized spacial score (nSPS) is 14.2. The number of carbonyl (C=O) groups excluding carboxylic acids is 2. The van der Waals surface area contributed by atoms with Crippen molar-refractivity contribution in [2.24, 2.45) is 4.99 Å². The van der Waals surface area contributed by atoms with E-state index in [4.69, 9.17) is 16.3 Å². The Bertz CT molecular complexity index is 1330. The monoisotopic (exact) mass is 519 g/mol. The molecule has 4 rings (SSSR count). The summed E-state index contributed by atoms with van der Waals surface area (Å²) in [6, 6.07) is 20.7. The maximum atomic E-state index is 13.4. The fraction of sp³-hybridized carbons (Fsp3) is 0.179. The van der Waals surface area contributed by atoms with Crippen LogP contribution in [0.15, 0.2) is 77.4 Å². The lowest BCUT2D eigenvalue weighted by Crippen LogP contribution is -2.32. The van der Waals surface area contributed by atoms with E-state index in [1.807, 2.05) is 74.5 Å². The number of rotatable bonds is 7. The molecule has 0 saturated heterocycles. The van der Waals surface area contributed by atoms with Crippen LogP contribution < -0.4 is 15.0 Å². The molecule has 0 atom stereocenters. The van der Waals surface area contributed by atoms with Gasteiger partial charge in [-0.05, 0) is 72.5 Å². The van der Waals surface area contributed by atoms with Gasteiger partial charge in [0, 0.05) is 11.6 Å². The molecule has 0 unspecified atom stereocenters. The van der Waals surface area contributed by atoms with Crippen LogP contribution in [0, 0.1) is 13.8 Å². The summed E-state index contributed by atoms with van der Waals surface area (Å²) < 4.78 is 5.21. The summed E-state index contributed by atoms with van der Waals surface area (Å²) in [5, 5.41) is 3.94. The van der Waals surface area contributed by atoms with Crippen LogP contribution in [-0.4, -0.2) is 29.8 Å². The number of nitrogens with zero attached hydrogens (tertiary/aromatic N) is 2. The molecular weight excluding hydrogens is 494 g/mol. The predicted molar refractivity (Wildman–Crippen MR) is 148 cm³/mol. The van der Waals surface area contributed by atoms with Gasteiger partial charge in [0.05, 0.1) is 18.6 Å². The second kappa shape index (κ2) is 11.5. The molecule has 3 aromatic rings. The van der Waals surface area contributed by atoms with E-state index in [1.54, 1.807) is 24.2 Å². The molecule has 2 amide bonds. The van der Waals surface area contributed by atoms with Crippen molar-refractivity contribution < 1.29 is 14.3 Å². The summed E-state index contributed by atoms with van der Waals surface area (Å²) in [4.78, 5) is 32.2. The molecule has 0 saturated carbocycles. The first-order chi connectivity index (χ1) is 17.3. The highest BCUT2D eigenvalue weighted by Crippen LogP contribution is 2.31. The third-order valence-electron chi connectivity index (χ3n) is 5.48. The Balaban J connectivity index is 1.55. The van der Waals surface area contributed by atoms with Crippen LogP contribution in [-0.2, 0) is 16.1 Å². The molecule has 0 aliphatic carbocycles. The summed E-state index contributed by atoms with van der Waals surface area (Å²) in [6.07, 6.45) is 1.74. The van der Waals surface area contributed by atoms with E-state index >= 15 is 0 Å². The van der Waals surface area contributed by atoms with Crippen molar-refractivity contribution in [1.82, 2.24) is 5.32 Å². The number of carbonyl (C=O) groups is 2. The van der Waals surface area contributed by atoms with Crippen molar-refractivity contribution in [3.8, 4) is 5.75 Å². The minimum Gasteiger partial charge on any atom is -0.497 e. The summed E-state index contributed by atoms with van der Waals surface area (Å²) in [7, 11) is 1.61. The van der Waals surface area contributed by atoms with Crippen LogP contribution in [0.5, 0.6) is 5.75 Å². The number of ether oxygens (including phenoxy) is 1. The minimum absolute atomic E-state index is 0.105. The number of hydrogen-bond donors (Lipinski definition) is 1. The van der Waals surface area contributed by atoms with Gasteiger partial charge in [0.2, 0.25) is 5.91 Å². The third kappa shape index (κ3) is 6.17. The molecule has 1 aliphatic heterocycles. The van der Waals surface area contributed by atoms with E-state index in [9.17, 15) is 9.59 Å². The van der Waals surface area contributed by atoms with Gasteiger partial charge in [-0.3, -0.25) is 14.5 Å². The van der Waals surface area contributed by atoms with Crippen LogP contribution in [0.3, 0.4) is 0 Å². The lowest BCUT2D eigenvalue weighted by atomic mass is 10.1. The van der Waals surface area contributed by atoms with Gasteiger partial charge in [0.1, 0.15) is 11.4 Å². The van der Waals surface area contributed by atoms with Crippen LogP contribution in [0.1, 0.15) is 22.3 Å². The predicted octanol–water partition coefficient (Wildman–Crippen LogP) is 5.76. The van der Waals surface area contributed by atoms with Crippen molar-refractivity contribution in [3.05, 3.63) is 99.7 Å². The Kier molecular flexibility index (Phi) is 8.13. The topological polar surface area (TPSA) is 71.0 Å². The highest BCUT2D eigenvalue weighted by atomic mass is 35.5. The van der Waals surface area contributed by atoms with E-state index < -0.39 is 0 Å². The van der Waals surface area contributed by atoms with Gasteiger partial charge >= 0.3 is 0 Å². The molecule has 3 aromatic carbocycles. The molecule has 0 bridgehead atoms. The van der Waals surface area contributed by atoms with Crippen molar-refractivity contribution >= 4 is 52.1 Å². The zero-order valence-electron chi connectivity index (χ0n) is 20.2. The van der Waals surface area contributed by atoms with Crippen LogP contribution >= 0.6 is 23.4 Å². The number of aliphatic imine (C=N–C) groups is 1. The number of hydrogen-bond acceptors (Lipinski definition) is 5. The summed E-state index contributed by atoms with van der Waals surface area (Å²) in [5.41, 5.74) is 4.76. The Morgan fingerprint density at radius 3 is 2.44 bits per heavy atom. The lowest BCUT2D eigenvalue weighted by molar-refractivity contribution is -0.118. The molecule has 184 valence electrons. The van der Waals surface area contributed by atoms with Gasteiger partial charge in [-0.1, -0.05) is 59.8 Å². The van der Waals surface area contributed by atoms with Gasteiger partial charge in [-0.25, -0.2) is 4.99 Å². The fourth-order valence-corrected chi connectivity index (χ4v) is 4.82. The van der Waals surface area contributed by atoms with Gasteiger partial charge in [-0.2, -0.15) is 0 Å². The third-order valence-corrected chi connectivity index (χ3v) is 6.79. The largest absolute Gasteiger partial charge is 0.497 e. The van der Waals surface area contributed by atoms with Crippen molar-refractivity contribution in [1.29, 1.82) is 0 Å². The number of amidine groups is 1. The summed E-state index contributed by atoms with van der Waals surface area (Å²) in [5.74, 6) is 0.417. The Hall–Kier alpha value is -3.55. The molecule has 1 heterocycles. The molecule has 0 radical (unpaired) electrons. The van der Waals surface area contributed by atoms with Gasteiger partial charge in [-0.15, -0.1) is 0 Å². The lowest BCUT2D eigenvalue weighted by Gasteiger charge is -2.19. The maximum Gasteiger partial charge on any atom is 0.283 e. The second-order valence-corrected chi connectivity index (χ2v) is 9.69. The van der Waals surface area contributed by atoms with E-state index in [-0.39, 0.29) is 17.6 Å². The SMILES string of the molecule is COc1ccc(C=C2N=C(SCC(=O)NCc3ccccc3Cl)N(c3cc(C)cc(C)c3)C2=O)cc1. The first kappa shape index (κ1) is 25.5. The Morgan fingerprint density at radius 1 is 1.08 bits per heavy atom. The highest BCUT2D eigenvalue weighted by molar-refractivity contribution is 8.14. The van der Waals surface area contributed by atoms with Crippen LogP contribution in [0.4, 0.5) is 5.69 Å². The van der Waals surface area contributed by atoms with Crippen molar-refractivity contribution in [3.63, 3.8) is 0 Å². The van der Waals surface area contributed by atoms with E-state index in [0.29, 0.717) is 22.4 Å². The molecule has 0 aromatic heterocycles. The van der Waals surface area contributed by atoms with Crippen molar-refractivity contribution in [2.45, 2.75) is 20.4 Å². The fourth-order valence-electron chi connectivity index (χ4n) is 3.78. The first-order valence-electron chi connectivity index (χ1n) is 11.3. The minimum atomic E-state index is -0.241. The zero-order valence-corrected chi connectivity index (χ0v) is 21.8. The molecule has 0 fully saturated rings.